The van der Waals surface area contributed by atoms with Crippen molar-refractivity contribution < 1.29 is 9.59 Å². The minimum atomic E-state index is -0.518. The van der Waals surface area contributed by atoms with Crippen molar-refractivity contribution in [3.8, 4) is 0 Å². The van der Waals surface area contributed by atoms with Crippen LogP contribution in [0.3, 0.4) is 0 Å². The molecule has 1 N–H and O–H groups in total. The Morgan fingerprint density at radius 3 is 2.44 bits per heavy atom. The second-order valence-corrected chi connectivity index (χ2v) is 4.23. The van der Waals surface area contributed by atoms with Gasteiger partial charge in [-0.1, -0.05) is 20.4 Å². The number of carbonyl (C=O) groups is 2. The molecule has 0 saturated heterocycles. The minimum Gasteiger partial charge on any atom is -0.359 e. The predicted molar refractivity (Wildman–Crippen MR) is 73.8 cm³/mol. The minimum absolute atomic E-state index is 0.118. The number of amides is 1. The molecule has 0 aromatic carbocycles. The van der Waals surface area contributed by atoms with Crippen LogP contribution in [0.1, 0.15) is 26.7 Å². The van der Waals surface area contributed by atoms with Crippen LogP contribution in [-0.2, 0) is 9.59 Å². The average molecular weight is 251 g/mol. The quantitative estimate of drug-likeness (QED) is 0.424. The maximum atomic E-state index is 11.1. The number of amidine groups is 1. The van der Waals surface area contributed by atoms with E-state index in [0.717, 1.165) is 6.29 Å². The Kier molecular flexibility index (Phi) is 7.51. The molecule has 5 heteroatoms. The second kappa shape index (κ2) is 8.33. The zero-order valence-corrected chi connectivity index (χ0v) is 11.3. The molecule has 0 saturated carbocycles. The van der Waals surface area contributed by atoms with Gasteiger partial charge in [-0.3, -0.25) is 4.79 Å². The largest absolute Gasteiger partial charge is 0.359 e. The van der Waals surface area contributed by atoms with Gasteiger partial charge in [0, 0.05) is 19.2 Å². The van der Waals surface area contributed by atoms with Crippen LogP contribution in [0.2, 0.25) is 0 Å². The van der Waals surface area contributed by atoms with E-state index in [4.69, 9.17) is 0 Å². The fraction of sp³-hybridized carbons (Fsp3) is 0.538. The fourth-order valence-corrected chi connectivity index (χ4v) is 1.18. The Hall–Kier alpha value is -1.78. The molecule has 0 aromatic heterocycles. The second-order valence-electron chi connectivity index (χ2n) is 4.23. The van der Waals surface area contributed by atoms with E-state index in [9.17, 15) is 9.59 Å². The topological polar surface area (TPSA) is 70.9 Å². The first-order chi connectivity index (χ1) is 8.46. The molecule has 18 heavy (non-hydrogen) atoms. The molecule has 5 nitrogen and oxygen atoms in total. The van der Waals surface area contributed by atoms with Crippen molar-refractivity contribution in [1.82, 2.24) is 5.32 Å². The summed E-state index contributed by atoms with van der Waals surface area (Å²) < 4.78 is 0. The monoisotopic (exact) mass is 251 g/mol. The van der Waals surface area contributed by atoms with Gasteiger partial charge in [-0.25, -0.2) is 9.98 Å². The number of nitrogens with one attached hydrogen (secondary N) is 1. The zero-order valence-electron chi connectivity index (χ0n) is 11.3. The molecule has 1 atom stereocenters. The first-order valence-electron chi connectivity index (χ1n) is 5.86. The van der Waals surface area contributed by atoms with Gasteiger partial charge in [-0.05, 0) is 19.1 Å². The molecule has 0 aliphatic rings. The number of nitrogens with zero attached hydrogens (tertiary/aromatic N) is 2. The molecule has 0 aromatic rings. The van der Waals surface area contributed by atoms with E-state index in [0.29, 0.717) is 18.0 Å². The lowest BCUT2D eigenvalue weighted by Crippen LogP contribution is -2.21. The Labute approximate surface area is 108 Å². The van der Waals surface area contributed by atoms with Gasteiger partial charge < -0.3 is 10.1 Å². The summed E-state index contributed by atoms with van der Waals surface area (Å²) in [5.41, 5.74) is 0.643. The van der Waals surface area contributed by atoms with Crippen LogP contribution in [-0.4, -0.2) is 31.8 Å². The third-order valence-electron chi connectivity index (χ3n) is 2.54. The van der Waals surface area contributed by atoms with Gasteiger partial charge in [0.05, 0.1) is 5.92 Å². The number of aldehydes is 1. The summed E-state index contributed by atoms with van der Waals surface area (Å²) in [6.07, 6.45) is 1.36. The van der Waals surface area contributed by atoms with Gasteiger partial charge >= 0.3 is 0 Å². The molecule has 0 bridgehead atoms. The lowest BCUT2D eigenvalue weighted by molar-refractivity contribution is -0.120. The third kappa shape index (κ3) is 5.52. The molecule has 0 heterocycles. The van der Waals surface area contributed by atoms with Crippen molar-refractivity contribution in [2.24, 2.45) is 21.8 Å². The summed E-state index contributed by atoms with van der Waals surface area (Å²) in [6, 6.07) is 0. The van der Waals surface area contributed by atoms with E-state index < -0.39 is 5.92 Å². The molecule has 0 aliphatic heterocycles. The maximum absolute atomic E-state index is 11.1. The lowest BCUT2D eigenvalue weighted by Gasteiger charge is -2.11. The van der Waals surface area contributed by atoms with E-state index in [1.165, 1.54) is 0 Å². The van der Waals surface area contributed by atoms with Crippen molar-refractivity contribution in [1.29, 1.82) is 0 Å². The highest BCUT2D eigenvalue weighted by Gasteiger charge is 2.16. The van der Waals surface area contributed by atoms with Gasteiger partial charge in [-0.2, -0.15) is 0 Å². The summed E-state index contributed by atoms with van der Waals surface area (Å²) in [5, 5.41) is 2.50. The summed E-state index contributed by atoms with van der Waals surface area (Å²) in [5.74, 6) is -0.135. The third-order valence-corrected chi connectivity index (χ3v) is 2.54. The van der Waals surface area contributed by atoms with E-state index in [2.05, 4.69) is 28.6 Å². The number of aliphatic imine (C=N–C) groups is 2. The van der Waals surface area contributed by atoms with Crippen LogP contribution in [0.15, 0.2) is 22.3 Å². The van der Waals surface area contributed by atoms with Gasteiger partial charge in [0.2, 0.25) is 5.91 Å². The highest BCUT2D eigenvalue weighted by atomic mass is 16.1. The Balaban J connectivity index is 4.77. The van der Waals surface area contributed by atoms with Crippen molar-refractivity contribution in [2.45, 2.75) is 26.7 Å². The van der Waals surface area contributed by atoms with Crippen molar-refractivity contribution >= 4 is 24.7 Å². The average Bonchev–Trinajstić information content (AvgIpc) is 2.36. The van der Waals surface area contributed by atoms with Gasteiger partial charge in [-0.15, -0.1) is 0 Å². The molecule has 0 spiro atoms. The van der Waals surface area contributed by atoms with E-state index in [1.54, 1.807) is 7.05 Å². The van der Waals surface area contributed by atoms with Crippen molar-refractivity contribution in [3.05, 3.63) is 12.3 Å². The highest BCUT2D eigenvalue weighted by molar-refractivity contribution is 5.99. The summed E-state index contributed by atoms with van der Waals surface area (Å²) in [6.45, 7) is 11.1. The zero-order chi connectivity index (χ0) is 14.1. The van der Waals surface area contributed by atoms with Crippen LogP contribution in [0, 0.1) is 11.8 Å². The van der Waals surface area contributed by atoms with Gasteiger partial charge in [0.25, 0.3) is 0 Å². The highest BCUT2D eigenvalue weighted by Crippen LogP contribution is 2.13. The molecule has 0 aliphatic carbocycles. The molecule has 0 rings (SSSR count). The van der Waals surface area contributed by atoms with Crippen LogP contribution < -0.4 is 5.32 Å². The van der Waals surface area contributed by atoms with Crippen LogP contribution in [0.4, 0.5) is 0 Å². The van der Waals surface area contributed by atoms with Crippen LogP contribution in [0.5, 0.6) is 0 Å². The van der Waals surface area contributed by atoms with Gasteiger partial charge in [0.1, 0.15) is 12.1 Å². The standard InChI is InChI=1S/C13H21N3O2/c1-9(2)10(3)16-13(15-5)11(8-17)6-7-12(18)14-4/h8-9,11H,3,5-7H2,1-2,4H3,(H,14,18). The number of hydrogen-bond acceptors (Lipinski definition) is 3. The molecule has 1 unspecified atom stereocenters. The van der Waals surface area contributed by atoms with E-state index in [1.807, 2.05) is 13.8 Å². The van der Waals surface area contributed by atoms with Crippen LogP contribution >= 0.6 is 0 Å². The Morgan fingerprint density at radius 1 is 1.44 bits per heavy atom. The predicted octanol–water partition coefficient (Wildman–Crippen LogP) is 1.60. The number of carbonyl (C=O) groups excluding carboxylic acids is 2. The van der Waals surface area contributed by atoms with E-state index in [-0.39, 0.29) is 18.2 Å². The summed E-state index contributed by atoms with van der Waals surface area (Å²) >= 11 is 0. The Bertz CT molecular complexity index is 359. The number of rotatable bonds is 7. The molecule has 100 valence electrons. The molecular formula is C13H21N3O2. The Morgan fingerprint density at radius 2 is 2.06 bits per heavy atom. The molecule has 0 radical (unpaired) electrons. The lowest BCUT2D eigenvalue weighted by atomic mass is 10.0. The number of hydrogen-bond donors (Lipinski definition) is 1. The first kappa shape index (κ1) is 16.2. The molecule has 1 amide bonds. The van der Waals surface area contributed by atoms with Crippen LogP contribution in [0.25, 0.3) is 0 Å². The van der Waals surface area contributed by atoms with Crippen molar-refractivity contribution in [3.63, 3.8) is 0 Å². The first-order valence-corrected chi connectivity index (χ1v) is 5.86. The fourth-order valence-electron chi connectivity index (χ4n) is 1.18. The van der Waals surface area contributed by atoms with Gasteiger partial charge in [0.15, 0.2) is 0 Å². The molecule has 0 fully saturated rings. The maximum Gasteiger partial charge on any atom is 0.219 e. The SMILES string of the molecule is C=NC(=NC(=C)C(C)C)C(C=O)CCC(=O)NC. The molecular weight excluding hydrogens is 230 g/mol. The number of allylic oxidation sites excluding steroid dienone is 1. The normalized spacial score (nSPS) is 13.0. The smallest absolute Gasteiger partial charge is 0.219 e. The van der Waals surface area contributed by atoms with Crippen molar-refractivity contribution in [2.75, 3.05) is 7.05 Å². The summed E-state index contributed by atoms with van der Waals surface area (Å²) in [4.78, 5) is 30.1. The summed E-state index contributed by atoms with van der Waals surface area (Å²) in [7, 11) is 1.56. The van der Waals surface area contributed by atoms with E-state index >= 15 is 0 Å².